The van der Waals surface area contributed by atoms with E-state index in [0.717, 1.165) is 35.7 Å². The quantitative estimate of drug-likeness (QED) is 0.715. The van der Waals surface area contributed by atoms with Gasteiger partial charge in [-0.3, -0.25) is 14.5 Å². The number of rotatable bonds is 6. The molecular formula is C24H30N4O3. The Morgan fingerprint density at radius 1 is 1.23 bits per heavy atom. The van der Waals surface area contributed by atoms with Crippen LogP contribution in [0.1, 0.15) is 47.0 Å². The zero-order chi connectivity index (χ0) is 22.0. The second-order valence-electron chi connectivity index (χ2n) is 8.51. The molecule has 0 aliphatic carbocycles. The third kappa shape index (κ3) is 4.61. The van der Waals surface area contributed by atoms with E-state index in [9.17, 15) is 9.59 Å². The van der Waals surface area contributed by atoms with E-state index < -0.39 is 0 Å². The van der Waals surface area contributed by atoms with Crippen LogP contribution in [0.4, 0.5) is 5.82 Å². The lowest BCUT2D eigenvalue weighted by Crippen LogP contribution is -2.38. The predicted molar refractivity (Wildman–Crippen MR) is 118 cm³/mol. The molecule has 0 spiro atoms. The predicted octanol–water partition coefficient (Wildman–Crippen LogP) is 2.58. The highest BCUT2D eigenvalue weighted by molar-refractivity contribution is 5.95. The van der Waals surface area contributed by atoms with Gasteiger partial charge in [0.1, 0.15) is 18.2 Å². The molecule has 1 atom stereocenters. The zero-order valence-electron chi connectivity index (χ0n) is 18.6. The fourth-order valence-electron chi connectivity index (χ4n) is 4.54. The van der Waals surface area contributed by atoms with E-state index in [-0.39, 0.29) is 24.3 Å². The number of hydrogen-bond donors (Lipinski definition) is 0. The molecule has 31 heavy (non-hydrogen) atoms. The lowest BCUT2D eigenvalue weighted by molar-refractivity contribution is -0.134. The van der Waals surface area contributed by atoms with Crippen LogP contribution in [-0.4, -0.2) is 60.0 Å². The lowest BCUT2D eigenvalue weighted by Gasteiger charge is -2.30. The Bertz CT molecular complexity index is 991. The van der Waals surface area contributed by atoms with Crippen molar-refractivity contribution in [2.24, 2.45) is 0 Å². The van der Waals surface area contributed by atoms with Gasteiger partial charge in [-0.2, -0.15) is 0 Å². The van der Waals surface area contributed by atoms with Gasteiger partial charge in [-0.15, -0.1) is 0 Å². The maximum atomic E-state index is 12.8. The number of carbonyl (C=O) groups excluding carboxylic acids is 2. The topological polar surface area (TPSA) is 75.6 Å². The van der Waals surface area contributed by atoms with Crippen molar-refractivity contribution in [3.63, 3.8) is 0 Å². The van der Waals surface area contributed by atoms with Crippen molar-refractivity contribution >= 4 is 17.6 Å². The number of nitrogens with zero attached hydrogens (tertiary/aromatic N) is 4. The van der Waals surface area contributed by atoms with E-state index in [4.69, 9.17) is 14.7 Å². The normalized spacial score (nSPS) is 18.4. The molecule has 2 aliphatic heterocycles. The lowest BCUT2D eigenvalue weighted by atomic mass is 10.0. The number of hydrogen-bond acceptors (Lipinski definition) is 5. The standard InChI is InChI=1S/C24H30N4O3/c1-16-5-4-6-18(13-16)9-12-28-21(29)8-7-20-17(2)25-23(26-24(20)28)19-10-11-27(14-19)22(30)15-31-3/h4-6,13,19H,7-12,14-15H2,1-3H3/t19-/m1/s1. The van der Waals surface area contributed by atoms with Crippen molar-refractivity contribution in [2.75, 3.05) is 38.3 Å². The van der Waals surface area contributed by atoms with Crippen molar-refractivity contribution in [3.05, 3.63) is 52.5 Å². The summed E-state index contributed by atoms with van der Waals surface area (Å²) < 4.78 is 4.98. The van der Waals surface area contributed by atoms with E-state index in [0.29, 0.717) is 32.5 Å². The number of aryl methyl sites for hydroxylation is 2. The van der Waals surface area contributed by atoms with Gasteiger partial charge in [-0.1, -0.05) is 29.8 Å². The Morgan fingerprint density at radius 3 is 2.84 bits per heavy atom. The third-order valence-corrected chi connectivity index (χ3v) is 6.24. The molecule has 1 fully saturated rings. The van der Waals surface area contributed by atoms with Crippen LogP contribution in [0, 0.1) is 13.8 Å². The van der Waals surface area contributed by atoms with Crippen LogP contribution >= 0.6 is 0 Å². The van der Waals surface area contributed by atoms with Crippen molar-refractivity contribution in [1.29, 1.82) is 0 Å². The highest BCUT2D eigenvalue weighted by atomic mass is 16.5. The summed E-state index contributed by atoms with van der Waals surface area (Å²) in [5, 5.41) is 0. The van der Waals surface area contributed by atoms with Gasteiger partial charge < -0.3 is 9.64 Å². The summed E-state index contributed by atoms with van der Waals surface area (Å²) in [6.45, 7) is 6.06. The molecule has 164 valence electrons. The number of amides is 2. The number of carbonyl (C=O) groups is 2. The van der Waals surface area contributed by atoms with Crippen LogP contribution in [0.3, 0.4) is 0 Å². The monoisotopic (exact) mass is 422 g/mol. The number of aromatic nitrogens is 2. The smallest absolute Gasteiger partial charge is 0.248 e. The first-order valence-electron chi connectivity index (χ1n) is 11.0. The van der Waals surface area contributed by atoms with E-state index in [1.54, 1.807) is 0 Å². The number of benzene rings is 1. The third-order valence-electron chi connectivity index (χ3n) is 6.24. The molecule has 2 amide bonds. The number of ether oxygens (including phenoxy) is 1. The summed E-state index contributed by atoms with van der Waals surface area (Å²) >= 11 is 0. The Morgan fingerprint density at radius 2 is 2.06 bits per heavy atom. The molecule has 3 heterocycles. The zero-order valence-corrected chi connectivity index (χ0v) is 18.6. The number of methoxy groups -OCH3 is 1. The minimum absolute atomic E-state index is 0.00496. The molecule has 2 aromatic rings. The molecule has 0 bridgehead atoms. The Labute approximate surface area is 183 Å². The molecule has 1 aromatic heterocycles. The van der Waals surface area contributed by atoms with E-state index in [2.05, 4.69) is 31.2 Å². The van der Waals surface area contributed by atoms with Gasteiger partial charge in [0.2, 0.25) is 11.8 Å². The fraction of sp³-hybridized carbons (Fsp3) is 0.500. The van der Waals surface area contributed by atoms with Gasteiger partial charge in [-0.05, 0) is 38.7 Å². The van der Waals surface area contributed by atoms with Crippen LogP contribution < -0.4 is 4.90 Å². The van der Waals surface area contributed by atoms with E-state index in [1.807, 2.05) is 16.7 Å². The van der Waals surface area contributed by atoms with Crippen LogP contribution in [0.15, 0.2) is 24.3 Å². The molecule has 0 N–H and O–H groups in total. The first kappa shape index (κ1) is 21.4. The molecule has 7 heteroatoms. The fourth-order valence-corrected chi connectivity index (χ4v) is 4.54. The van der Waals surface area contributed by atoms with Gasteiger partial charge in [0.05, 0.1) is 0 Å². The summed E-state index contributed by atoms with van der Waals surface area (Å²) in [5.74, 6) is 1.69. The Balaban J connectivity index is 1.56. The van der Waals surface area contributed by atoms with Crippen molar-refractivity contribution < 1.29 is 14.3 Å². The summed E-state index contributed by atoms with van der Waals surface area (Å²) in [5.41, 5.74) is 4.44. The van der Waals surface area contributed by atoms with Gasteiger partial charge in [-0.25, -0.2) is 9.97 Å². The van der Waals surface area contributed by atoms with Gasteiger partial charge in [0, 0.05) is 50.3 Å². The van der Waals surface area contributed by atoms with Crippen molar-refractivity contribution in [1.82, 2.24) is 14.9 Å². The molecule has 4 rings (SSSR count). The summed E-state index contributed by atoms with van der Waals surface area (Å²) in [4.78, 5) is 38.3. The summed E-state index contributed by atoms with van der Waals surface area (Å²) in [6.07, 6.45) is 2.79. The van der Waals surface area contributed by atoms with Crippen molar-refractivity contribution in [2.45, 2.75) is 45.4 Å². The summed E-state index contributed by atoms with van der Waals surface area (Å²) in [7, 11) is 1.53. The number of fused-ring (bicyclic) bond motifs is 1. The largest absolute Gasteiger partial charge is 0.375 e. The van der Waals surface area contributed by atoms with Crippen LogP contribution in [0.5, 0.6) is 0 Å². The maximum absolute atomic E-state index is 12.8. The molecular weight excluding hydrogens is 392 g/mol. The molecule has 0 unspecified atom stereocenters. The first-order chi connectivity index (χ1) is 15.0. The molecule has 0 radical (unpaired) electrons. The molecule has 2 aliphatic rings. The Kier molecular flexibility index (Phi) is 6.32. The van der Waals surface area contributed by atoms with E-state index >= 15 is 0 Å². The van der Waals surface area contributed by atoms with Crippen LogP contribution in [0.25, 0.3) is 0 Å². The number of anilines is 1. The minimum Gasteiger partial charge on any atom is -0.375 e. The second kappa shape index (κ2) is 9.14. The average Bonchev–Trinajstić information content (AvgIpc) is 3.23. The van der Waals surface area contributed by atoms with E-state index in [1.165, 1.54) is 18.2 Å². The van der Waals surface area contributed by atoms with Gasteiger partial charge in [0.15, 0.2) is 0 Å². The van der Waals surface area contributed by atoms with Crippen LogP contribution in [0.2, 0.25) is 0 Å². The van der Waals surface area contributed by atoms with Crippen molar-refractivity contribution in [3.8, 4) is 0 Å². The maximum Gasteiger partial charge on any atom is 0.248 e. The van der Waals surface area contributed by atoms with Crippen LogP contribution in [-0.2, 0) is 27.2 Å². The molecule has 0 saturated carbocycles. The highest BCUT2D eigenvalue weighted by Gasteiger charge is 2.33. The Hall–Kier alpha value is -2.80. The SMILES string of the molecule is COCC(=O)N1CC[C@@H](c2nc(C)c3c(n2)N(CCc2cccc(C)c2)C(=O)CC3)C1. The highest BCUT2D eigenvalue weighted by Crippen LogP contribution is 2.32. The van der Waals surface area contributed by atoms with Gasteiger partial charge >= 0.3 is 0 Å². The first-order valence-corrected chi connectivity index (χ1v) is 11.0. The molecule has 7 nitrogen and oxygen atoms in total. The second-order valence-corrected chi connectivity index (χ2v) is 8.51. The summed E-state index contributed by atoms with van der Waals surface area (Å²) in [6, 6.07) is 8.40. The minimum atomic E-state index is -0.00496. The number of likely N-dealkylation sites (tertiary alicyclic amines) is 1. The molecule has 1 aromatic carbocycles. The average molecular weight is 423 g/mol. The van der Waals surface area contributed by atoms with Gasteiger partial charge in [0.25, 0.3) is 0 Å². The molecule has 1 saturated heterocycles.